The molecule has 0 radical (unpaired) electrons. The van der Waals surface area contributed by atoms with Crippen molar-refractivity contribution in [2.24, 2.45) is 0 Å². The van der Waals surface area contributed by atoms with E-state index in [1.54, 1.807) is 27.2 Å². The van der Waals surface area contributed by atoms with Crippen molar-refractivity contribution in [2.45, 2.75) is 13.5 Å². The zero-order chi connectivity index (χ0) is 10.3. The molecule has 0 saturated heterocycles. The number of hydrogen-bond donors (Lipinski definition) is 0. The Bertz CT molecular complexity index is 187. The van der Waals surface area contributed by atoms with E-state index in [0.29, 0.717) is 0 Å². The zero-order valence-corrected chi connectivity index (χ0v) is 9.49. The maximum atomic E-state index is 10.9. The molecule has 0 amide bonds. The SMILES string of the molecule is CC=CC(=O)OC[Si](C)(OC)OC. The van der Waals surface area contributed by atoms with Crippen LogP contribution in [-0.2, 0) is 18.4 Å². The molecule has 0 aromatic carbocycles. The fourth-order valence-corrected chi connectivity index (χ4v) is 1.39. The van der Waals surface area contributed by atoms with Gasteiger partial charge in [0.25, 0.3) is 0 Å². The summed E-state index contributed by atoms with van der Waals surface area (Å²) in [4.78, 5) is 10.9. The summed E-state index contributed by atoms with van der Waals surface area (Å²) in [7, 11) is 0.843. The van der Waals surface area contributed by atoms with Gasteiger partial charge < -0.3 is 13.6 Å². The van der Waals surface area contributed by atoms with Crippen molar-refractivity contribution >= 4 is 14.5 Å². The molecule has 0 N–H and O–H groups in total. The van der Waals surface area contributed by atoms with Crippen LogP contribution < -0.4 is 0 Å². The molecule has 13 heavy (non-hydrogen) atoms. The van der Waals surface area contributed by atoms with Crippen molar-refractivity contribution in [2.75, 3.05) is 20.4 Å². The lowest BCUT2D eigenvalue weighted by atomic mass is 10.5. The highest BCUT2D eigenvalue weighted by Gasteiger charge is 2.30. The molecule has 5 heteroatoms. The van der Waals surface area contributed by atoms with Gasteiger partial charge in [0.05, 0.1) is 0 Å². The van der Waals surface area contributed by atoms with E-state index in [1.807, 2.05) is 6.55 Å². The predicted octanol–water partition coefficient (Wildman–Crippen LogP) is 1.01. The first-order chi connectivity index (χ1) is 6.08. The molecule has 0 saturated carbocycles. The third-order valence-electron chi connectivity index (χ3n) is 1.64. The van der Waals surface area contributed by atoms with Gasteiger partial charge in [0.1, 0.15) is 6.23 Å². The standard InChI is InChI=1S/C8H16O4Si/c1-5-6-8(9)12-7-13(4,10-2)11-3/h5-6H,7H2,1-4H3. The lowest BCUT2D eigenvalue weighted by Crippen LogP contribution is -2.42. The van der Waals surface area contributed by atoms with Crippen molar-refractivity contribution in [1.29, 1.82) is 0 Å². The number of allylic oxidation sites excluding steroid dienone is 1. The molecule has 0 bridgehead atoms. The summed E-state index contributed by atoms with van der Waals surface area (Å²) < 4.78 is 15.2. The number of hydrogen-bond acceptors (Lipinski definition) is 4. The minimum atomic E-state index is -2.27. The number of esters is 1. The Hall–Kier alpha value is -0.653. The van der Waals surface area contributed by atoms with Gasteiger partial charge in [0.15, 0.2) is 0 Å². The minimum absolute atomic E-state index is 0.211. The van der Waals surface area contributed by atoms with Gasteiger partial charge in [-0.2, -0.15) is 0 Å². The molecular weight excluding hydrogens is 188 g/mol. The number of ether oxygens (including phenoxy) is 1. The molecule has 0 atom stereocenters. The molecule has 0 fully saturated rings. The molecule has 76 valence electrons. The van der Waals surface area contributed by atoms with E-state index in [2.05, 4.69) is 0 Å². The first-order valence-corrected chi connectivity index (χ1v) is 6.50. The van der Waals surface area contributed by atoms with Gasteiger partial charge in [-0.05, 0) is 13.5 Å². The second-order valence-electron chi connectivity index (χ2n) is 2.65. The van der Waals surface area contributed by atoms with Gasteiger partial charge in [0, 0.05) is 20.3 Å². The van der Waals surface area contributed by atoms with Gasteiger partial charge in [-0.25, -0.2) is 4.79 Å². The Morgan fingerprint density at radius 2 is 1.92 bits per heavy atom. The van der Waals surface area contributed by atoms with Gasteiger partial charge in [-0.15, -0.1) is 0 Å². The highest BCUT2D eigenvalue weighted by molar-refractivity contribution is 6.66. The van der Waals surface area contributed by atoms with E-state index in [9.17, 15) is 4.79 Å². The maximum absolute atomic E-state index is 10.9. The third-order valence-corrected chi connectivity index (χ3v) is 4.04. The molecule has 0 aliphatic heterocycles. The van der Waals surface area contributed by atoms with E-state index in [4.69, 9.17) is 13.6 Å². The quantitative estimate of drug-likeness (QED) is 0.381. The summed E-state index contributed by atoms with van der Waals surface area (Å²) in [6.45, 7) is 3.58. The van der Waals surface area contributed by atoms with Crippen LogP contribution in [0, 0.1) is 0 Å². The van der Waals surface area contributed by atoms with Crippen LogP contribution in [0.3, 0.4) is 0 Å². The van der Waals surface area contributed by atoms with E-state index in [0.717, 1.165) is 0 Å². The molecule has 0 spiro atoms. The molecular formula is C8H16O4Si. The van der Waals surface area contributed by atoms with Crippen LogP contribution >= 0.6 is 0 Å². The smallest absolute Gasteiger partial charge is 0.373 e. The van der Waals surface area contributed by atoms with Crippen molar-refractivity contribution in [3.05, 3.63) is 12.2 Å². The van der Waals surface area contributed by atoms with E-state index >= 15 is 0 Å². The first kappa shape index (κ1) is 12.3. The summed E-state index contributed by atoms with van der Waals surface area (Å²) >= 11 is 0. The Labute approximate surface area is 79.7 Å². The Balaban J connectivity index is 3.92. The molecule has 0 aliphatic carbocycles. The van der Waals surface area contributed by atoms with Crippen LogP contribution in [0.15, 0.2) is 12.2 Å². The highest BCUT2D eigenvalue weighted by Crippen LogP contribution is 2.04. The summed E-state index contributed by atoms with van der Waals surface area (Å²) in [5.41, 5.74) is 0. The van der Waals surface area contributed by atoms with Gasteiger partial charge in [0.2, 0.25) is 0 Å². The molecule has 0 heterocycles. The Kier molecular flexibility index (Phi) is 5.61. The zero-order valence-electron chi connectivity index (χ0n) is 8.49. The van der Waals surface area contributed by atoms with Crippen LogP contribution in [0.5, 0.6) is 0 Å². The summed E-state index contributed by atoms with van der Waals surface area (Å²) in [6.07, 6.45) is 3.20. The van der Waals surface area contributed by atoms with Crippen molar-refractivity contribution < 1.29 is 18.4 Å². The van der Waals surface area contributed by atoms with Crippen molar-refractivity contribution in [3.8, 4) is 0 Å². The molecule has 0 aromatic rings. The number of carbonyl (C=O) groups is 1. The second-order valence-corrected chi connectivity index (χ2v) is 6.02. The fourth-order valence-electron chi connectivity index (χ4n) is 0.588. The predicted molar refractivity (Wildman–Crippen MR) is 51.4 cm³/mol. The summed E-state index contributed by atoms with van der Waals surface area (Å²) in [5, 5.41) is 0. The average Bonchev–Trinajstić information content (AvgIpc) is 2.15. The van der Waals surface area contributed by atoms with E-state index in [-0.39, 0.29) is 12.2 Å². The number of rotatable bonds is 5. The van der Waals surface area contributed by atoms with E-state index < -0.39 is 8.56 Å². The van der Waals surface area contributed by atoms with Gasteiger partial charge in [-0.3, -0.25) is 0 Å². The van der Waals surface area contributed by atoms with Crippen LogP contribution in [-0.4, -0.2) is 35.0 Å². The van der Waals surface area contributed by atoms with Crippen LogP contribution in [0.1, 0.15) is 6.92 Å². The molecule has 0 aliphatic rings. The molecule has 0 aromatic heterocycles. The minimum Gasteiger partial charge on any atom is -0.461 e. The largest absolute Gasteiger partial charge is 0.461 e. The third kappa shape index (κ3) is 4.82. The summed E-state index contributed by atoms with van der Waals surface area (Å²) in [6, 6.07) is 0. The lowest BCUT2D eigenvalue weighted by molar-refractivity contribution is -0.136. The Morgan fingerprint density at radius 3 is 2.31 bits per heavy atom. The van der Waals surface area contributed by atoms with Gasteiger partial charge >= 0.3 is 14.5 Å². The lowest BCUT2D eigenvalue weighted by Gasteiger charge is -2.21. The van der Waals surface area contributed by atoms with Crippen LogP contribution in [0.25, 0.3) is 0 Å². The molecule has 4 nitrogen and oxygen atoms in total. The fraction of sp³-hybridized carbons (Fsp3) is 0.625. The van der Waals surface area contributed by atoms with Crippen molar-refractivity contribution in [1.82, 2.24) is 0 Å². The topological polar surface area (TPSA) is 44.8 Å². The maximum Gasteiger partial charge on any atom is 0.373 e. The average molecular weight is 204 g/mol. The number of carbonyl (C=O) groups excluding carboxylic acids is 1. The van der Waals surface area contributed by atoms with Crippen LogP contribution in [0.2, 0.25) is 6.55 Å². The monoisotopic (exact) mass is 204 g/mol. The van der Waals surface area contributed by atoms with E-state index in [1.165, 1.54) is 6.08 Å². The second kappa shape index (κ2) is 5.90. The highest BCUT2D eigenvalue weighted by atomic mass is 28.4. The molecule has 0 rings (SSSR count). The normalized spacial score (nSPS) is 12.0. The molecule has 0 unspecified atom stereocenters. The van der Waals surface area contributed by atoms with Crippen molar-refractivity contribution in [3.63, 3.8) is 0 Å². The van der Waals surface area contributed by atoms with Gasteiger partial charge in [-0.1, -0.05) is 6.08 Å². The Morgan fingerprint density at radius 1 is 1.38 bits per heavy atom. The van der Waals surface area contributed by atoms with Crippen LogP contribution in [0.4, 0.5) is 0 Å². The first-order valence-electron chi connectivity index (χ1n) is 3.97. The summed E-state index contributed by atoms with van der Waals surface area (Å²) in [5.74, 6) is -0.365.